The first-order valence-corrected chi connectivity index (χ1v) is 10.6. The van der Waals surface area contributed by atoms with Crippen LogP contribution >= 0.6 is 0 Å². The number of hydrogen-bond donors (Lipinski definition) is 1. The van der Waals surface area contributed by atoms with Crippen LogP contribution in [-0.4, -0.2) is 5.11 Å². The average molecular weight is 367 g/mol. The highest BCUT2D eigenvalue weighted by Gasteiger charge is 2.15. The van der Waals surface area contributed by atoms with Gasteiger partial charge in [-0.2, -0.15) is 0 Å². The van der Waals surface area contributed by atoms with Gasteiger partial charge in [-0.3, -0.25) is 0 Å². The minimum atomic E-state index is 0.323. The summed E-state index contributed by atoms with van der Waals surface area (Å²) in [4.78, 5) is 0. The van der Waals surface area contributed by atoms with Crippen molar-refractivity contribution in [3.8, 4) is 5.75 Å². The summed E-state index contributed by atoms with van der Waals surface area (Å²) in [5.41, 5.74) is 7.69. The molecule has 0 aromatic heterocycles. The van der Waals surface area contributed by atoms with Crippen molar-refractivity contribution in [1.82, 2.24) is 0 Å². The summed E-state index contributed by atoms with van der Waals surface area (Å²) in [5.74, 6) is 2.42. The van der Waals surface area contributed by atoms with E-state index in [9.17, 15) is 5.11 Å². The van der Waals surface area contributed by atoms with Crippen molar-refractivity contribution in [1.29, 1.82) is 0 Å². The van der Waals surface area contributed by atoms with Crippen LogP contribution in [0.4, 0.5) is 0 Å². The predicted octanol–water partition coefficient (Wildman–Crippen LogP) is 7.55. The quantitative estimate of drug-likeness (QED) is 0.536. The number of phenols is 1. The molecule has 0 saturated heterocycles. The Hall–Kier alpha value is -1.76. The third kappa shape index (κ3) is 5.61. The molecule has 0 radical (unpaired) electrons. The summed E-state index contributed by atoms with van der Waals surface area (Å²) < 4.78 is 0. The smallest absolute Gasteiger partial charge is 0.122 e. The van der Waals surface area contributed by atoms with Crippen LogP contribution in [0.25, 0.3) is 0 Å². The van der Waals surface area contributed by atoms with Gasteiger partial charge in [0.25, 0.3) is 0 Å². The van der Waals surface area contributed by atoms with E-state index in [1.807, 2.05) is 0 Å². The van der Waals surface area contributed by atoms with Gasteiger partial charge in [0.05, 0.1) is 0 Å². The fourth-order valence-electron chi connectivity index (χ4n) is 3.67. The van der Waals surface area contributed by atoms with Crippen LogP contribution in [0.3, 0.4) is 0 Å². The third-order valence-corrected chi connectivity index (χ3v) is 5.31. The van der Waals surface area contributed by atoms with Crippen LogP contribution in [0.1, 0.15) is 107 Å². The van der Waals surface area contributed by atoms with Gasteiger partial charge in [0.2, 0.25) is 0 Å². The Balaban J connectivity index is 2.48. The summed E-state index contributed by atoms with van der Waals surface area (Å²) in [7, 11) is 0. The first-order valence-electron chi connectivity index (χ1n) is 10.6. The lowest BCUT2D eigenvalue weighted by Gasteiger charge is -2.18. The van der Waals surface area contributed by atoms with E-state index in [0.717, 1.165) is 24.0 Å². The maximum Gasteiger partial charge on any atom is 0.122 e. The van der Waals surface area contributed by atoms with Crippen LogP contribution in [0, 0.1) is 5.92 Å². The van der Waals surface area contributed by atoms with Crippen LogP contribution < -0.4 is 0 Å². The van der Waals surface area contributed by atoms with Gasteiger partial charge in [-0.15, -0.1) is 0 Å². The molecular weight excluding hydrogens is 328 g/mol. The number of hydrogen-bond acceptors (Lipinski definition) is 1. The molecule has 2 aromatic carbocycles. The molecule has 0 saturated carbocycles. The van der Waals surface area contributed by atoms with E-state index in [0.29, 0.717) is 29.4 Å². The first kappa shape index (κ1) is 21.5. The second kappa shape index (κ2) is 8.95. The molecule has 0 unspecified atom stereocenters. The zero-order valence-corrected chi connectivity index (χ0v) is 18.6. The van der Waals surface area contributed by atoms with Crippen molar-refractivity contribution in [2.75, 3.05) is 0 Å². The summed E-state index contributed by atoms with van der Waals surface area (Å²) >= 11 is 0. The molecule has 0 aliphatic carbocycles. The molecule has 0 atom stereocenters. The molecule has 1 nitrogen and oxygen atoms in total. The van der Waals surface area contributed by atoms with Gasteiger partial charge in [0, 0.05) is 0 Å². The van der Waals surface area contributed by atoms with E-state index in [1.54, 1.807) is 0 Å². The molecule has 0 fully saturated rings. The van der Waals surface area contributed by atoms with Gasteiger partial charge in [0.1, 0.15) is 5.75 Å². The van der Waals surface area contributed by atoms with Crippen molar-refractivity contribution in [2.45, 2.75) is 86.0 Å². The van der Waals surface area contributed by atoms with Gasteiger partial charge in [-0.25, -0.2) is 0 Å². The maximum atomic E-state index is 10.7. The van der Waals surface area contributed by atoms with Gasteiger partial charge >= 0.3 is 0 Å². The van der Waals surface area contributed by atoms with E-state index in [2.05, 4.69) is 85.7 Å². The van der Waals surface area contributed by atoms with Crippen molar-refractivity contribution >= 4 is 0 Å². The standard InChI is InChI=1S/C26H38O/c1-16(2)9-24-13-21(14-25(19(7)8)26(24)27)10-20-11-22(17(3)4)15-23(12-20)18(5)6/h11-19,27H,9-10H2,1-8H3. The highest BCUT2D eigenvalue weighted by molar-refractivity contribution is 5.47. The number of phenolic OH excluding ortho intramolecular Hbond substituents is 1. The summed E-state index contributed by atoms with van der Waals surface area (Å²) in [6.07, 6.45) is 1.84. The van der Waals surface area contributed by atoms with Crippen LogP contribution in [0.15, 0.2) is 30.3 Å². The molecule has 1 heteroatoms. The number of rotatable bonds is 7. The Labute approximate surface area is 166 Å². The molecule has 2 rings (SSSR count). The van der Waals surface area contributed by atoms with Crippen LogP contribution in [0.5, 0.6) is 5.75 Å². The minimum absolute atomic E-state index is 0.323. The second-order valence-corrected chi connectivity index (χ2v) is 9.44. The third-order valence-electron chi connectivity index (χ3n) is 5.31. The molecule has 148 valence electrons. The Morgan fingerprint density at radius 1 is 0.667 bits per heavy atom. The molecule has 0 amide bonds. The second-order valence-electron chi connectivity index (χ2n) is 9.44. The zero-order chi connectivity index (χ0) is 20.3. The Bertz CT molecular complexity index is 740. The van der Waals surface area contributed by atoms with E-state index < -0.39 is 0 Å². The largest absolute Gasteiger partial charge is 0.507 e. The van der Waals surface area contributed by atoms with E-state index in [-0.39, 0.29) is 0 Å². The van der Waals surface area contributed by atoms with E-state index >= 15 is 0 Å². The van der Waals surface area contributed by atoms with Crippen LogP contribution in [0.2, 0.25) is 0 Å². The first-order chi connectivity index (χ1) is 12.6. The van der Waals surface area contributed by atoms with Gasteiger partial charge in [0.15, 0.2) is 0 Å². The number of benzene rings is 2. The Morgan fingerprint density at radius 3 is 1.63 bits per heavy atom. The van der Waals surface area contributed by atoms with Crippen LogP contribution in [-0.2, 0) is 12.8 Å². The van der Waals surface area contributed by atoms with Crippen molar-refractivity contribution in [3.05, 3.63) is 63.7 Å². The molecule has 0 bridgehead atoms. The van der Waals surface area contributed by atoms with Crippen molar-refractivity contribution in [3.63, 3.8) is 0 Å². The SMILES string of the molecule is CC(C)Cc1cc(Cc2cc(C(C)C)cc(C(C)C)c2)cc(C(C)C)c1O. The Morgan fingerprint density at radius 2 is 1.19 bits per heavy atom. The fraction of sp³-hybridized carbons (Fsp3) is 0.538. The average Bonchev–Trinajstić information content (AvgIpc) is 2.56. The zero-order valence-electron chi connectivity index (χ0n) is 18.6. The molecule has 0 aliphatic heterocycles. The molecule has 0 spiro atoms. The lowest BCUT2D eigenvalue weighted by atomic mass is 9.88. The molecule has 1 N–H and O–H groups in total. The van der Waals surface area contributed by atoms with Gasteiger partial charge < -0.3 is 5.11 Å². The highest BCUT2D eigenvalue weighted by atomic mass is 16.3. The fourth-order valence-corrected chi connectivity index (χ4v) is 3.67. The van der Waals surface area contributed by atoms with E-state index in [1.165, 1.54) is 22.3 Å². The molecule has 0 aliphatic rings. The topological polar surface area (TPSA) is 20.2 Å². The molecule has 27 heavy (non-hydrogen) atoms. The normalized spacial score (nSPS) is 12.0. The lowest BCUT2D eigenvalue weighted by molar-refractivity contribution is 0.452. The monoisotopic (exact) mass is 366 g/mol. The molecular formula is C26H38O. The van der Waals surface area contributed by atoms with Gasteiger partial charge in [-0.05, 0) is 69.9 Å². The van der Waals surface area contributed by atoms with Crippen molar-refractivity contribution in [2.24, 2.45) is 5.92 Å². The van der Waals surface area contributed by atoms with E-state index in [4.69, 9.17) is 0 Å². The predicted molar refractivity (Wildman–Crippen MR) is 118 cm³/mol. The highest BCUT2D eigenvalue weighted by Crippen LogP contribution is 2.33. The van der Waals surface area contributed by atoms with Gasteiger partial charge in [-0.1, -0.05) is 85.7 Å². The Kier molecular flexibility index (Phi) is 7.14. The minimum Gasteiger partial charge on any atom is -0.507 e. The summed E-state index contributed by atoms with van der Waals surface area (Å²) in [5, 5.41) is 10.7. The summed E-state index contributed by atoms with van der Waals surface area (Å²) in [6.45, 7) is 17.8. The molecule has 2 aromatic rings. The number of aromatic hydroxyl groups is 1. The lowest BCUT2D eigenvalue weighted by Crippen LogP contribution is -2.02. The summed E-state index contributed by atoms with van der Waals surface area (Å²) in [6, 6.07) is 11.5. The van der Waals surface area contributed by atoms with Crippen molar-refractivity contribution < 1.29 is 5.11 Å². The maximum absolute atomic E-state index is 10.7. The molecule has 0 heterocycles.